The number of fused-ring (bicyclic) bond motifs is 1. The van der Waals surface area contributed by atoms with Gasteiger partial charge < -0.3 is 9.84 Å². The second kappa shape index (κ2) is 3.73. The molecule has 2 heterocycles. The molecule has 2 aliphatic rings. The average Bonchev–Trinajstić information content (AvgIpc) is 2.66. The van der Waals surface area contributed by atoms with Gasteiger partial charge in [-0.1, -0.05) is 0 Å². The molecule has 0 spiro atoms. The molecule has 0 aromatic rings. The molecule has 2 rings (SSSR count). The zero-order chi connectivity index (χ0) is 11.9. The van der Waals surface area contributed by atoms with Gasteiger partial charge in [-0.15, -0.1) is 0 Å². The molecule has 0 aliphatic carbocycles. The Morgan fingerprint density at radius 1 is 1.56 bits per heavy atom. The Balaban J connectivity index is 2.04. The van der Waals surface area contributed by atoms with Crippen molar-refractivity contribution in [2.24, 2.45) is 4.99 Å². The number of rotatable bonds is 0. The van der Waals surface area contributed by atoms with E-state index >= 15 is 0 Å². The van der Waals surface area contributed by atoms with E-state index in [0.717, 1.165) is 0 Å². The molecule has 0 bridgehead atoms. The van der Waals surface area contributed by atoms with Gasteiger partial charge in [0.05, 0.1) is 24.7 Å². The standard InChI is InChI=1S/C11H18N2O3/c1-11(2,3)16-10(15)13-6-8(14)9-7(13)4-5-12-9/h5,7-9,14H,4,6H2,1-3H3/t7-,8+,9+/m1/s1. The lowest BCUT2D eigenvalue weighted by molar-refractivity contribution is 0.0214. The topological polar surface area (TPSA) is 62.1 Å². The summed E-state index contributed by atoms with van der Waals surface area (Å²) in [5.41, 5.74) is -0.500. The van der Waals surface area contributed by atoms with E-state index < -0.39 is 11.7 Å². The molecule has 0 aromatic heterocycles. The Kier molecular flexibility index (Phi) is 2.66. The minimum Gasteiger partial charge on any atom is -0.444 e. The van der Waals surface area contributed by atoms with Crippen molar-refractivity contribution in [2.75, 3.05) is 6.54 Å². The fourth-order valence-corrected chi connectivity index (χ4v) is 2.17. The highest BCUT2D eigenvalue weighted by Crippen LogP contribution is 2.28. The zero-order valence-electron chi connectivity index (χ0n) is 9.88. The number of hydrogen-bond acceptors (Lipinski definition) is 4. The van der Waals surface area contributed by atoms with Crippen molar-refractivity contribution in [1.82, 2.24) is 4.90 Å². The van der Waals surface area contributed by atoms with Crippen LogP contribution >= 0.6 is 0 Å². The van der Waals surface area contributed by atoms with Crippen molar-refractivity contribution in [1.29, 1.82) is 0 Å². The molecule has 2 aliphatic heterocycles. The number of carbonyl (C=O) groups is 1. The van der Waals surface area contributed by atoms with Crippen LogP contribution < -0.4 is 0 Å². The largest absolute Gasteiger partial charge is 0.444 e. The summed E-state index contributed by atoms with van der Waals surface area (Å²) in [5.74, 6) is 0. The van der Waals surface area contributed by atoms with Gasteiger partial charge in [0, 0.05) is 12.6 Å². The molecular formula is C11H18N2O3. The zero-order valence-corrected chi connectivity index (χ0v) is 9.88. The Morgan fingerprint density at radius 3 is 2.88 bits per heavy atom. The van der Waals surface area contributed by atoms with Gasteiger partial charge in [-0.25, -0.2) is 4.79 Å². The second-order valence-electron chi connectivity index (χ2n) is 5.33. The molecule has 5 heteroatoms. The van der Waals surface area contributed by atoms with Crippen LogP contribution in [-0.4, -0.2) is 52.6 Å². The number of ether oxygens (including phenoxy) is 1. The minimum atomic E-state index is -0.559. The molecule has 0 unspecified atom stereocenters. The smallest absolute Gasteiger partial charge is 0.410 e. The second-order valence-corrected chi connectivity index (χ2v) is 5.33. The van der Waals surface area contributed by atoms with Gasteiger partial charge >= 0.3 is 6.09 Å². The van der Waals surface area contributed by atoms with E-state index in [1.807, 2.05) is 20.8 Å². The number of aliphatic hydroxyl groups is 1. The first-order chi connectivity index (χ1) is 7.38. The van der Waals surface area contributed by atoms with Crippen molar-refractivity contribution < 1.29 is 14.6 Å². The number of aliphatic hydroxyl groups excluding tert-OH is 1. The van der Waals surface area contributed by atoms with Gasteiger partial charge in [-0.3, -0.25) is 9.89 Å². The maximum Gasteiger partial charge on any atom is 0.410 e. The molecular weight excluding hydrogens is 208 g/mol. The molecule has 1 N–H and O–H groups in total. The molecule has 3 atom stereocenters. The van der Waals surface area contributed by atoms with Crippen LogP contribution in [-0.2, 0) is 4.74 Å². The van der Waals surface area contributed by atoms with Gasteiger partial charge in [0.2, 0.25) is 0 Å². The number of aliphatic imine (C=N–C) groups is 1. The normalized spacial score (nSPS) is 33.0. The summed E-state index contributed by atoms with van der Waals surface area (Å²) in [6, 6.07) is -0.183. The van der Waals surface area contributed by atoms with E-state index in [0.29, 0.717) is 13.0 Å². The molecule has 5 nitrogen and oxygen atoms in total. The minimum absolute atomic E-state index is 0.0233. The highest BCUT2D eigenvalue weighted by molar-refractivity contribution is 5.72. The maximum absolute atomic E-state index is 11.9. The predicted octanol–water partition coefficient (Wildman–Crippen LogP) is 0.810. The Hall–Kier alpha value is -1.10. The molecule has 0 aromatic carbocycles. The van der Waals surface area contributed by atoms with Crippen LogP contribution in [0.4, 0.5) is 4.79 Å². The molecule has 1 amide bonds. The van der Waals surface area contributed by atoms with Gasteiger partial charge in [0.15, 0.2) is 0 Å². The highest BCUT2D eigenvalue weighted by Gasteiger charge is 2.45. The SMILES string of the molecule is CC(C)(C)OC(=O)N1C[C@H](O)[C@H]2N=CC[C@H]21. The monoisotopic (exact) mass is 226 g/mol. The third kappa shape index (κ3) is 2.04. The van der Waals surface area contributed by atoms with Crippen molar-refractivity contribution in [3.05, 3.63) is 0 Å². The van der Waals surface area contributed by atoms with Crippen molar-refractivity contribution in [3.63, 3.8) is 0 Å². The third-order valence-corrected chi connectivity index (χ3v) is 2.82. The van der Waals surface area contributed by atoms with Gasteiger partial charge in [-0.05, 0) is 20.8 Å². The molecule has 90 valence electrons. The van der Waals surface area contributed by atoms with Crippen LogP contribution in [0.25, 0.3) is 0 Å². The number of amides is 1. The Bertz CT molecular complexity index is 322. The van der Waals surface area contributed by atoms with E-state index in [1.165, 1.54) is 0 Å². The van der Waals surface area contributed by atoms with Crippen molar-refractivity contribution in [2.45, 2.75) is 51.0 Å². The lowest BCUT2D eigenvalue weighted by Crippen LogP contribution is -2.41. The maximum atomic E-state index is 11.9. The number of carbonyl (C=O) groups excluding carboxylic acids is 1. The first-order valence-electron chi connectivity index (χ1n) is 5.58. The fourth-order valence-electron chi connectivity index (χ4n) is 2.17. The summed E-state index contributed by atoms with van der Waals surface area (Å²) in [4.78, 5) is 17.7. The molecule has 1 saturated heterocycles. The number of nitrogens with zero attached hydrogens (tertiary/aromatic N) is 2. The molecule has 16 heavy (non-hydrogen) atoms. The summed E-state index contributed by atoms with van der Waals surface area (Å²) in [6.07, 6.45) is 1.57. The first kappa shape index (κ1) is 11.4. The lowest BCUT2D eigenvalue weighted by atomic mass is 10.1. The molecule has 0 radical (unpaired) electrons. The summed E-state index contributed by atoms with van der Waals surface area (Å²) in [7, 11) is 0. The number of likely N-dealkylation sites (tertiary alicyclic amines) is 1. The van der Waals surface area contributed by atoms with Gasteiger partial charge in [0.1, 0.15) is 5.60 Å². The van der Waals surface area contributed by atoms with E-state index in [1.54, 1.807) is 11.1 Å². The van der Waals surface area contributed by atoms with E-state index in [2.05, 4.69) is 4.99 Å². The van der Waals surface area contributed by atoms with Gasteiger partial charge in [0.25, 0.3) is 0 Å². The van der Waals surface area contributed by atoms with Crippen LogP contribution in [0.3, 0.4) is 0 Å². The summed E-state index contributed by atoms with van der Waals surface area (Å²) >= 11 is 0. The van der Waals surface area contributed by atoms with Crippen molar-refractivity contribution >= 4 is 12.3 Å². The molecule has 1 fully saturated rings. The Labute approximate surface area is 95.1 Å². The predicted molar refractivity (Wildman–Crippen MR) is 59.6 cm³/mol. The van der Waals surface area contributed by atoms with Gasteiger partial charge in [-0.2, -0.15) is 0 Å². The van der Waals surface area contributed by atoms with Crippen LogP contribution in [0.1, 0.15) is 27.2 Å². The quantitative estimate of drug-likeness (QED) is 0.665. The summed E-state index contributed by atoms with van der Waals surface area (Å²) in [5, 5.41) is 9.75. The van der Waals surface area contributed by atoms with Crippen LogP contribution in [0.2, 0.25) is 0 Å². The fraction of sp³-hybridized carbons (Fsp3) is 0.818. The third-order valence-electron chi connectivity index (χ3n) is 2.82. The lowest BCUT2D eigenvalue weighted by Gasteiger charge is -2.27. The summed E-state index contributed by atoms with van der Waals surface area (Å²) in [6.45, 7) is 5.82. The number of β-amino-alcohol motifs (C(OH)–C–C–N with tert-alkyl or cyclic N) is 1. The van der Waals surface area contributed by atoms with E-state index in [-0.39, 0.29) is 18.2 Å². The van der Waals surface area contributed by atoms with E-state index in [9.17, 15) is 9.90 Å². The van der Waals surface area contributed by atoms with Crippen LogP contribution in [0.15, 0.2) is 4.99 Å². The van der Waals surface area contributed by atoms with Crippen LogP contribution in [0, 0.1) is 0 Å². The molecule has 0 saturated carbocycles. The highest BCUT2D eigenvalue weighted by atomic mass is 16.6. The summed E-state index contributed by atoms with van der Waals surface area (Å²) < 4.78 is 5.30. The Morgan fingerprint density at radius 2 is 2.25 bits per heavy atom. The van der Waals surface area contributed by atoms with Crippen molar-refractivity contribution in [3.8, 4) is 0 Å². The van der Waals surface area contributed by atoms with E-state index in [4.69, 9.17) is 4.74 Å². The van der Waals surface area contributed by atoms with Crippen LogP contribution in [0.5, 0.6) is 0 Å². The first-order valence-corrected chi connectivity index (χ1v) is 5.58. The average molecular weight is 226 g/mol. The number of hydrogen-bond donors (Lipinski definition) is 1.